The van der Waals surface area contributed by atoms with E-state index in [-0.39, 0.29) is 5.91 Å². The predicted molar refractivity (Wildman–Crippen MR) is 104 cm³/mol. The Morgan fingerprint density at radius 1 is 1.04 bits per heavy atom. The summed E-state index contributed by atoms with van der Waals surface area (Å²) in [4.78, 5) is 16.4. The van der Waals surface area contributed by atoms with Gasteiger partial charge in [0.05, 0.1) is 14.2 Å². The zero-order valence-corrected chi connectivity index (χ0v) is 16.0. The minimum Gasteiger partial charge on any atom is -0.493 e. The maximum atomic E-state index is 12.1. The van der Waals surface area contributed by atoms with Crippen molar-refractivity contribution in [2.75, 3.05) is 20.8 Å². The number of aromatic nitrogens is 2. The number of hydrogen-bond acceptors (Lipinski definition) is 6. The third-order valence-electron chi connectivity index (χ3n) is 4.25. The van der Waals surface area contributed by atoms with Crippen LogP contribution in [0.5, 0.6) is 11.5 Å². The van der Waals surface area contributed by atoms with Crippen LogP contribution in [0, 0.1) is 0 Å². The molecule has 7 nitrogen and oxygen atoms in total. The van der Waals surface area contributed by atoms with Crippen LogP contribution in [0.3, 0.4) is 0 Å². The van der Waals surface area contributed by atoms with Gasteiger partial charge in [0.2, 0.25) is 17.6 Å². The number of ether oxygens (including phenoxy) is 2. The fourth-order valence-electron chi connectivity index (χ4n) is 2.75. The van der Waals surface area contributed by atoms with Gasteiger partial charge in [0.15, 0.2) is 11.5 Å². The molecule has 146 valence electrons. The molecule has 1 N–H and O–H groups in total. The van der Waals surface area contributed by atoms with Gasteiger partial charge in [-0.2, -0.15) is 4.98 Å². The van der Waals surface area contributed by atoms with Gasteiger partial charge in [-0.05, 0) is 24.1 Å². The summed E-state index contributed by atoms with van der Waals surface area (Å²) < 4.78 is 15.7. The van der Waals surface area contributed by atoms with E-state index in [0.29, 0.717) is 49.0 Å². The zero-order chi connectivity index (χ0) is 19.8. The molecule has 0 spiro atoms. The molecule has 28 heavy (non-hydrogen) atoms. The van der Waals surface area contributed by atoms with Crippen molar-refractivity contribution >= 4 is 5.91 Å². The summed E-state index contributed by atoms with van der Waals surface area (Å²) >= 11 is 0. The monoisotopic (exact) mass is 381 g/mol. The summed E-state index contributed by atoms with van der Waals surface area (Å²) in [6.45, 7) is 0.535. The molecule has 7 heteroatoms. The number of amides is 1. The molecule has 0 aliphatic carbocycles. The van der Waals surface area contributed by atoms with Crippen LogP contribution < -0.4 is 14.8 Å². The first-order valence-electron chi connectivity index (χ1n) is 9.05. The molecule has 0 bridgehead atoms. The Hall–Kier alpha value is -3.35. The summed E-state index contributed by atoms with van der Waals surface area (Å²) in [5.41, 5.74) is 1.94. The molecular weight excluding hydrogens is 358 g/mol. The van der Waals surface area contributed by atoms with E-state index in [0.717, 1.165) is 11.1 Å². The van der Waals surface area contributed by atoms with Crippen molar-refractivity contribution in [3.05, 3.63) is 60.0 Å². The van der Waals surface area contributed by atoms with Crippen molar-refractivity contribution in [1.82, 2.24) is 15.5 Å². The first-order valence-corrected chi connectivity index (χ1v) is 9.05. The molecule has 0 aliphatic heterocycles. The lowest BCUT2D eigenvalue weighted by Gasteiger charge is -2.10. The highest BCUT2D eigenvalue weighted by Gasteiger charge is 2.10. The van der Waals surface area contributed by atoms with Gasteiger partial charge in [-0.1, -0.05) is 41.6 Å². The normalized spacial score (nSPS) is 10.5. The van der Waals surface area contributed by atoms with E-state index in [1.807, 2.05) is 48.5 Å². The van der Waals surface area contributed by atoms with Gasteiger partial charge < -0.3 is 19.3 Å². The van der Waals surface area contributed by atoms with Gasteiger partial charge >= 0.3 is 0 Å². The van der Waals surface area contributed by atoms with Crippen LogP contribution in [0.1, 0.15) is 17.9 Å². The topological polar surface area (TPSA) is 86.5 Å². The van der Waals surface area contributed by atoms with E-state index < -0.39 is 0 Å². The number of methoxy groups -OCH3 is 2. The van der Waals surface area contributed by atoms with Gasteiger partial charge in [0, 0.05) is 24.9 Å². The SMILES string of the molecule is COc1ccc(CCNC(=O)CCc2nc(-c3ccccc3)no2)cc1OC. The molecule has 1 amide bonds. The second kappa shape index (κ2) is 9.55. The molecule has 1 heterocycles. The highest BCUT2D eigenvalue weighted by molar-refractivity contribution is 5.76. The average molecular weight is 381 g/mol. The minimum absolute atomic E-state index is 0.0556. The number of aryl methyl sites for hydroxylation is 1. The van der Waals surface area contributed by atoms with Gasteiger partial charge in [0.1, 0.15) is 0 Å². The van der Waals surface area contributed by atoms with Gasteiger partial charge in [-0.25, -0.2) is 0 Å². The molecule has 3 rings (SSSR count). The van der Waals surface area contributed by atoms with E-state index in [9.17, 15) is 4.79 Å². The average Bonchev–Trinajstić information content (AvgIpc) is 3.22. The van der Waals surface area contributed by atoms with E-state index in [1.54, 1.807) is 14.2 Å². The number of nitrogens with zero attached hydrogens (tertiary/aromatic N) is 2. The summed E-state index contributed by atoms with van der Waals surface area (Å²) in [6.07, 6.45) is 1.40. The second-order valence-electron chi connectivity index (χ2n) is 6.17. The maximum Gasteiger partial charge on any atom is 0.227 e. The largest absolute Gasteiger partial charge is 0.493 e. The molecule has 0 aliphatic rings. The highest BCUT2D eigenvalue weighted by Crippen LogP contribution is 2.27. The minimum atomic E-state index is -0.0556. The van der Waals surface area contributed by atoms with Crippen molar-refractivity contribution in [3.8, 4) is 22.9 Å². The Kier molecular flexibility index (Phi) is 6.62. The van der Waals surface area contributed by atoms with E-state index >= 15 is 0 Å². The summed E-state index contributed by atoms with van der Waals surface area (Å²) in [7, 11) is 3.20. The molecular formula is C21H23N3O4. The van der Waals surface area contributed by atoms with Gasteiger partial charge in [-0.3, -0.25) is 4.79 Å². The number of rotatable bonds is 9. The van der Waals surface area contributed by atoms with Crippen LogP contribution in [0.4, 0.5) is 0 Å². The van der Waals surface area contributed by atoms with Crippen LogP contribution in [0.15, 0.2) is 53.1 Å². The maximum absolute atomic E-state index is 12.1. The molecule has 1 aromatic heterocycles. The van der Waals surface area contributed by atoms with Crippen LogP contribution in [-0.4, -0.2) is 36.8 Å². The molecule has 0 unspecified atom stereocenters. The highest BCUT2D eigenvalue weighted by atomic mass is 16.5. The molecule has 0 atom stereocenters. The van der Waals surface area contributed by atoms with Crippen molar-refractivity contribution in [2.24, 2.45) is 0 Å². The van der Waals surface area contributed by atoms with E-state index in [2.05, 4.69) is 15.5 Å². The summed E-state index contributed by atoms with van der Waals surface area (Å²) in [5, 5.41) is 6.86. The van der Waals surface area contributed by atoms with Crippen LogP contribution in [0.2, 0.25) is 0 Å². The lowest BCUT2D eigenvalue weighted by atomic mass is 10.1. The van der Waals surface area contributed by atoms with E-state index in [4.69, 9.17) is 14.0 Å². The Morgan fingerprint density at radius 3 is 2.57 bits per heavy atom. The van der Waals surface area contributed by atoms with Crippen LogP contribution in [-0.2, 0) is 17.6 Å². The fourth-order valence-corrected chi connectivity index (χ4v) is 2.75. The third-order valence-corrected chi connectivity index (χ3v) is 4.25. The summed E-state index contributed by atoms with van der Waals surface area (Å²) in [5.74, 6) is 2.29. The molecule has 0 saturated carbocycles. The zero-order valence-electron chi connectivity index (χ0n) is 16.0. The standard InChI is InChI=1S/C21H23N3O4/c1-26-17-9-8-15(14-18(17)27-2)12-13-22-19(25)10-11-20-23-21(24-28-20)16-6-4-3-5-7-16/h3-9,14H,10-13H2,1-2H3,(H,22,25). The van der Waals surface area contributed by atoms with Gasteiger partial charge in [-0.15, -0.1) is 0 Å². The molecule has 0 radical (unpaired) electrons. The third kappa shape index (κ3) is 5.09. The van der Waals surface area contributed by atoms with Crippen LogP contribution in [0.25, 0.3) is 11.4 Å². The molecule has 0 saturated heterocycles. The first-order chi connectivity index (χ1) is 13.7. The molecule has 2 aromatic carbocycles. The lowest BCUT2D eigenvalue weighted by Crippen LogP contribution is -2.25. The Labute approximate surface area is 163 Å². The van der Waals surface area contributed by atoms with E-state index in [1.165, 1.54) is 0 Å². The second-order valence-corrected chi connectivity index (χ2v) is 6.17. The predicted octanol–water partition coefficient (Wildman–Crippen LogP) is 3.05. The number of carbonyl (C=O) groups is 1. The number of nitrogens with one attached hydrogen (secondary N) is 1. The smallest absolute Gasteiger partial charge is 0.227 e. The summed E-state index contributed by atoms with van der Waals surface area (Å²) in [6, 6.07) is 15.3. The van der Waals surface area contributed by atoms with Crippen LogP contribution >= 0.6 is 0 Å². The molecule has 3 aromatic rings. The Bertz CT molecular complexity index is 909. The fraction of sp³-hybridized carbons (Fsp3) is 0.286. The van der Waals surface area contributed by atoms with Crippen molar-refractivity contribution < 1.29 is 18.8 Å². The van der Waals surface area contributed by atoms with Crippen molar-refractivity contribution in [2.45, 2.75) is 19.3 Å². The first kappa shape index (κ1) is 19.4. The Morgan fingerprint density at radius 2 is 1.82 bits per heavy atom. The quantitative estimate of drug-likeness (QED) is 0.613. The number of carbonyl (C=O) groups excluding carboxylic acids is 1. The number of benzene rings is 2. The Balaban J connectivity index is 1.43. The van der Waals surface area contributed by atoms with Gasteiger partial charge in [0.25, 0.3) is 0 Å². The van der Waals surface area contributed by atoms with Crippen molar-refractivity contribution in [1.29, 1.82) is 0 Å². The molecule has 0 fully saturated rings. The lowest BCUT2D eigenvalue weighted by molar-refractivity contribution is -0.121. The van der Waals surface area contributed by atoms with Crippen molar-refractivity contribution in [3.63, 3.8) is 0 Å². The number of hydrogen-bond donors (Lipinski definition) is 1.